The molecule has 106 valence electrons. The number of nitrogens with zero attached hydrogens (tertiary/aromatic N) is 1. The van der Waals surface area contributed by atoms with Gasteiger partial charge in [-0.05, 0) is 0 Å². The van der Waals surface area contributed by atoms with E-state index in [1.54, 1.807) is 0 Å². The molecule has 0 heterocycles. The Labute approximate surface area is 105 Å². The van der Waals surface area contributed by atoms with E-state index in [-0.39, 0.29) is 26.1 Å². The molecule has 0 aromatic heterocycles. The molecule has 0 saturated heterocycles. The lowest BCUT2D eigenvalue weighted by molar-refractivity contribution is -0.146. The van der Waals surface area contributed by atoms with E-state index in [1.807, 2.05) is 0 Å². The van der Waals surface area contributed by atoms with E-state index in [1.165, 1.54) is 19.1 Å². The van der Waals surface area contributed by atoms with E-state index in [4.69, 9.17) is 14.9 Å². The highest BCUT2D eigenvalue weighted by Crippen LogP contribution is 1.93. The normalized spacial score (nSPS) is 13.8. The van der Waals surface area contributed by atoms with Gasteiger partial charge in [-0.25, -0.2) is 9.59 Å². The fourth-order valence-corrected chi connectivity index (χ4v) is 1.22. The van der Waals surface area contributed by atoms with Crippen molar-refractivity contribution in [2.75, 3.05) is 33.9 Å². The standard InChI is InChI=1S/C10H20N2O6/c1-12(5-7(13)6-18-2)10(17)11-4-3-8(14)9(15)16/h7-8,13-14H,3-6H2,1-2H3,(H,11,17)(H,15,16). The summed E-state index contributed by atoms with van der Waals surface area (Å²) in [7, 11) is 2.93. The first-order valence-corrected chi connectivity index (χ1v) is 5.45. The highest BCUT2D eigenvalue weighted by atomic mass is 16.5. The zero-order chi connectivity index (χ0) is 14.1. The molecule has 0 spiro atoms. The molecule has 0 aromatic rings. The molecule has 0 rings (SSSR count). The number of rotatable bonds is 8. The molecule has 0 fully saturated rings. The summed E-state index contributed by atoms with van der Waals surface area (Å²) in [6.07, 6.45) is -2.35. The van der Waals surface area contributed by atoms with Crippen molar-refractivity contribution in [2.24, 2.45) is 0 Å². The summed E-state index contributed by atoms with van der Waals surface area (Å²) in [6.45, 7) is 0.257. The maximum atomic E-state index is 11.5. The van der Waals surface area contributed by atoms with Gasteiger partial charge < -0.3 is 30.3 Å². The number of nitrogens with one attached hydrogen (secondary N) is 1. The largest absolute Gasteiger partial charge is 0.479 e. The van der Waals surface area contributed by atoms with Crippen molar-refractivity contribution in [3.63, 3.8) is 0 Å². The van der Waals surface area contributed by atoms with Gasteiger partial charge in [-0.15, -0.1) is 0 Å². The van der Waals surface area contributed by atoms with Crippen LogP contribution in [0.25, 0.3) is 0 Å². The number of aliphatic carboxylic acids is 1. The number of hydrogen-bond acceptors (Lipinski definition) is 5. The molecular weight excluding hydrogens is 244 g/mol. The molecule has 0 aromatic carbocycles. The Kier molecular flexibility index (Phi) is 8.01. The zero-order valence-electron chi connectivity index (χ0n) is 10.5. The van der Waals surface area contributed by atoms with Crippen LogP contribution in [0.15, 0.2) is 0 Å². The number of carboxylic acids is 1. The van der Waals surface area contributed by atoms with Crippen molar-refractivity contribution in [3.8, 4) is 0 Å². The quantitative estimate of drug-likeness (QED) is 0.422. The predicted octanol–water partition coefficient (Wildman–Crippen LogP) is -1.53. The predicted molar refractivity (Wildman–Crippen MR) is 62.2 cm³/mol. The van der Waals surface area contributed by atoms with Gasteiger partial charge in [-0.2, -0.15) is 0 Å². The number of urea groups is 1. The van der Waals surface area contributed by atoms with Crippen LogP contribution in [-0.2, 0) is 9.53 Å². The number of aliphatic hydroxyl groups excluding tert-OH is 2. The van der Waals surface area contributed by atoms with E-state index in [0.717, 1.165) is 0 Å². The summed E-state index contributed by atoms with van der Waals surface area (Å²) < 4.78 is 4.72. The van der Waals surface area contributed by atoms with Crippen molar-refractivity contribution >= 4 is 12.0 Å². The molecule has 2 amide bonds. The minimum atomic E-state index is -1.49. The number of aliphatic hydroxyl groups is 2. The summed E-state index contributed by atoms with van der Waals surface area (Å²) in [5.74, 6) is -1.33. The number of carbonyl (C=O) groups excluding carboxylic acids is 1. The Morgan fingerprint density at radius 1 is 1.39 bits per heavy atom. The van der Waals surface area contributed by atoms with Gasteiger partial charge in [0.2, 0.25) is 0 Å². The lowest BCUT2D eigenvalue weighted by Gasteiger charge is -2.21. The third-order valence-electron chi connectivity index (χ3n) is 2.17. The van der Waals surface area contributed by atoms with Crippen LogP contribution in [-0.4, -0.2) is 78.3 Å². The van der Waals surface area contributed by atoms with Crippen LogP contribution in [0.3, 0.4) is 0 Å². The highest BCUT2D eigenvalue weighted by Gasteiger charge is 2.15. The highest BCUT2D eigenvalue weighted by molar-refractivity contribution is 5.74. The molecule has 0 bridgehead atoms. The summed E-state index contributed by atoms with van der Waals surface area (Å²) in [4.78, 5) is 23.0. The minimum Gasteiger partial charge on any atom is -0.479 e. The number of ether oxygens (including phenoxy) is 1. The number of hydrogen-bond donors (Lipinski definition) is 4. The van der Waals surface area contributed by atoms with Gasteiger partial charge in [-0.1, -0.05) is 0 Å². The molecular formula is C10H20N2O6. The molecule has 0 aliphatic heterocycles. The van der Waals surface area contributed by atoms with Crippen LogP contribution >= 0.6 is 0 Å². The summed E-state index contributed by atoms with van der Waals surface area (Å²) in [6, 6.07) is -0.456. The molecule has 0 aliphatic carbocycles. The average molecular weight is 264 g/mol. The van der Waals surface area contributed by atoms with E-state index in [2.05, 4.69) is 5.32 Å². The van der Waals surface area contributed by atoms with Gasteiger partial charge in [0.25, 0.3) is 0 Å². The number of likely N-dealkylation sites (N-methyl/N-ethyl adjacent to an activating group) is 1. The third kappa shape index (κ3) is 7.05. The topological polar surface area (TPSA) is 119 Å². The van der Waals surface area contributed by atoms with Gasteiger partial charge in [0.15, 0.2) is 6.10 Å². The van der Waals surface area contributed by atoms with Crippen LogP contribution in [0.4, 0.5) is 4.79 Å². The van der Waals surface area contributed by atoms with Gasteiger partial charge in [0, 0.05) is 27.1 Å². The van der Waals surface area contributed by atoms with Crippen LogP contribution in [0.1, 0.15) is 6.42 Å². The smallest absolute Gasteiger partial charge is 0.332 e. The summed E-state index contributed by atoms with van der Waals surface area (Å²) >= 11 is 0. The monoisotopic (exact) mass is 264 g/mol. The molecule has 0 saturated carbocycles. The number of carbonyl (C=O) groups is 2. The van der Waals surface area contributed by atoms with E-state index < -0.39 is 24.2 Å². The first kappa shape index (κ1) is 16.6. The molecule has 0 aliphatic rings. The second kappa shape index (κ2) is 8.67. The minimum absolute atomic E-state index is 0.0387. The molecule has 4 N–H and O–H groups in total. The van der Waals surface area contributed by atoms with Gasteiger partial charge in [0.1, 0.15) is 0 Å². The first-order valence-electron chi connectivity index (χ1n) is 5.45. The summed E-state index contributed by atoms with van der Waals surface area (Å²) in [5, 5.41) is 29.2. The van der Waals surface area contributed by atoms with Crippen LogP contribution < -0.4 is 5.32 Å². The molecule has 18 heavy (non-hydrogen) atoms. The van der Waals surface area contributed by atoms with Crippen molar-refractivity contribution in [1.82, 2.24) is 10.2 Å². The zero-order valence-corrected chi connectivity index (χ0v) is 10.5. The lowest BCUT2D eigenvalue weighted by atomic mass is 10.2. The summed E-state index contributed by atoms with van der Waals surface area (Å²) in [5.41, 5.74) is 0. The molecule has 8 nitrogen and oxygen atoms in total. The number of amides is 2. The van der Waals surface area contributed by atoms with Crippen LogP contribution in [0, 0.1) is 0 Å². The molecule has 0 radical (unpaired) electrons. The third-order valence-corrected chi connectivity index (χ3v) is 2.17. The molecule has 8 heteroatoms. The Bertz CT molecular complexity index is 273. The SMILES string of the molecule is COCC(O)CN(C)C(=O)NCCC(O)C(=O)O. The number of methoxy groups -OCH3 is 1. The van der Waals surface area contributed by atoms with E-state index in [0.29, 0.717) is 0 Å². The van der Waals surface area contributed by atoms with E-state index in [9.17, 15) is 14.7 Å². The molecule has 2 unspecified atom stereocenters. The Morgan fingerprint density at radius 2 is 2.00 bits per heavy atom. The second-order valence-electron chi connectivity index (χ2n) is 3.86. The second-order valence-corrected chi connectivity index (χ2v) is 3.86. The van der Waals surface area contributed by atoms with Gasteiger partial charge in [0.05, 0.1) is 19.3 Å². The van der Waals surface area contributed by atoms with Crippen LogP contribution in [0.5, 0.6) is 0 Å². The molecule has 2 atom stereocenters. The van der Waals surface area contributed by atoms with Crippen molar-refractivity contribution in [1.29, 1.82) is 0 Å². The maximum absolute atomic E-state index is 11.5. The van der Waals surface area contributed by atoms with Gasteiger partial charge in [-0.3, -0.25) is 0 Å². The van der Waals surface area contributed by atoms with Crippen LogP contribution in [0.2, 0.25) is 0 Å². The Balaban J connectivity index is 3.84. The van der Waals surface area contributed by atoms with Gasteiger partial charge >= 0.3 is 12.0 Å². The average Bonchev–Trinajstić information content (AvgIpc) is 2.28. The lowest BCUT2D eigenvalue weighted by Crippen LogP contribution is -2.43. The van der Waals surface area contributed by atoms with Crippen molar-refractivity contribution in [3.05, 3.63) is 0 Å². The Morgan fingerprint density at radius 3 is 2.50 bits per heavy atom. The van der Waals surface area contributed by atoms with E-state index >= 15 is 0 Å². The Hall–Kier alpha value is -1.38. The number of carboxylic acid groups (broad SMARTS) is 1. The fraction of sp³-hybridized carbons (Fsp3) is 0.800. The van der Waals surface area contributed by atoms with Crippen molar-refractivity contribution in [2.45, 2.75) is 18.6 Å². The maximum Gasteiger partial charge on any atom is 0.332 e. The van der Waals surface area contributed by atoms with Crippen molar-refractivity contribution < 1.29 is 29.6 Å². The first-order chi connectivity index (χ1) is 8.38. The fourth-order valence-electron chi connectivity index (χ4n) is 1.22.